The molecule has 1 aromatic carbocycles. The highest BCUT2D eigenvalue weighted by atomic mass is 32.1. The largest absolute Gasteiger partial charge is 0.491 e. The van der Waals surface area contributed by atoms with Gasteiger partial charge in [0.05, 0.1) is 11.7 Å². The van der Waals surface area contributed by atoms with Crippen molar-refractivity contribution in [2.45, 2.75) is 38.6 Å². The van der Waals surface area contributed by atoms with Gasteiger partial charge < -0.3 is 4.74 Å². The van der Waals surface area contributed by atoms with Crippen molar-refractivity contribution in [3.63, 3.8) is 0 Å². The van der Waals surface area contributed by atoms with Gasteiger partial charge in [-0.05, 0) is 50.5 Å². The third kappa shape index (κ3) is 5.18. The second kappa shape index (κ2) is 9.99. The number of hydrogen-bond donors (Lipinski definition) is 0. The molecule has 36 heavy (non-hydrogen) atoms. The number of hydrogen-bond acceptors (Lipinski definition) is 6. The van der Waals surface area contributed by atoms with E-state index in [4.69, 9.17) is 11.2 Å². The number of carbonyl (C=O) groups excluding carboxylic acids is 2. The van der Waals surface area contributed by atoms with Gasteiger partial charge >= 0.3 is 6.18 Å². The van der Waals surface area contributed by atoms with E-state index in [1.165, 1.54) is 22.5 Å². The number of ether oxygens (including phenoxy) is 1. The molecular formula is C25H21F3N4O3S. The fourth-order valence-corrected chi connectivity index (χ4v) is 4.47. The summed E-state index contributed by atoms with van der Waals surface area (Å²) in [5.41, 5.74) is -1.22. The molecule has 2 amide bonds. The van der Waals surface area contributed by atoms with Crippen molar-refractivity contribution >= 4 is 34.7 Å². The summed E-state index contributed by atoms with van der Waals surface area (Å²) in [5, 5.41) is 1.65. The minimum Gasteiger partial charge on any atom is -0.491 e. The predicted molar refractivity (Wildman–Crippen MR) is 129 cm³/mol. The molecule has 1 fully saturated rings. The number of anilines is 2. The highest BCUT2D eigenvalue weighted by Crippen LogP contribution is 2.38. The Morgan fingerprint density at radius 3 is 2.69 bits per heavy atom. The van der Waals surface area contributed by atoms with Crippen LogP contribution in [0.3, 0.4) is 0 Å². The molecule has 0 saturated carbocycles. The summed E-state index contributed by atoms with van der Waals surface area (Å²) in [7, 11) is 0. The average Bonchev–Trinajstić information content (AvgIpc) is 3.46. The number of amides is 2. The Balaban J connectivity index is 1.82. The van der Waals surface area contributed by atoms with Crippen LogP contribution in [0.5, 0.6) is 5.75 Å². The monoisotopic (exact) mass is 514 g/mol. The van der Waals surface area contributed by atoms with Crippen molar-refractivity contribution in [3.8, 4) is 18.1 Å². The van der Waals surface area contributed by atoms with Gasteiger partial charge in [0, 0.05) is 29.9 Å². The molecule has 0 aliphatic carbocycles. The lowest BCUT2D eigenvalue weighted by Gasteiger charge is -2.29. The maximum Gasteiger partial charge on any atom is 0.416 e. The van der Waals surface area contributed by atoms with Crippen LogP contribution in [-0.2, 0) is 11.0 Å². The summed E-state index contributed by atoms with van der Waals surface area (Å²) in [4.78, 5) is 37.8. The zero-order chi connectivity index (χ0) is 26.0. The Morgan fingerprint density at radius 2 is 2.08 bits per heavy atom. The number of aromatic nitrogens is 2. The summed E-state index contributed by atoms with van der Waals surface area (Å²) in [6.07, 6.45) is 1.94. The molecule has 1 unspecified atom stereocenters. The number of terminal acetylenes is 1. The van der Waals surface area contributed by atoms with E-state index in [0.717, 1.165) is 28.4 Å². The standard InChI is InChI=1S/C25H21F3N4O3S/c1-4-22-30-19(14-36-22)23(33)32(20-8-10-31(24(20)34)21-7-5-6-9-29-21)17-11-16(25(26,27)28)12-18(13-17)35-15(2)3/h1,5-7,9,11-15,20H,8,10H2,2-3H3. The van der Waals surface area contributed by atoms with E-state index >= 15 is 0 Å². The molecule has 0 bridgehead atoms. The summed E-state index contributed by atoms with van der Waals surface area (Å²) < 4.78 is 46.9. The number of rotatable bonds is 6. The SMILES string of the molecule is C#Cc1nc(C(=O)N(c2cc(OC(C)C)cc(C(F)(F)F)c2)C2CCN(c3ccccn3)C2=O)cs1. The lowest BCUT2D eigenvalue weighted by molar-refractivity contribution is -0.137. The molecule has 3 heterocycles. The zero-order valence-corrected chi connectivity index (χ0v) is 20.1. The molecule has 1 saturated heterocycles. The summed E-state index contributed by atoms with van der Waals surface area (Å²) >= 11 is 1.05. The molecule has 0 spiro atoms. The molecule has 1 aliphatic rings. The number of pyridine rings is 1. The molecule has 2 aromatic heterocycles. The lowest BCUT2D eigenvalue weighted by atomic mass is 10.1. The Hall–Kier alpha value is -3.91. The molecule has 0 radical (unpaired) electrons. The van der Waals surface area contributed by atoms with E-state index in [0.29, 0.717) is 5.82 Å². The predicted octanol–water partition coefficient (Wildman–Crippen LogP) is 4.78. The van der Waals surface area contributed by atoms with E-state index in [9.17, 15) is 22.8 Å². The molecular weight excluding hydrogens is 493 g/mol. The molecule has 7 nitrogen and oxygen atoms in total. The maximum atomic E-state index is 13.8. The summed E-state index contributed by atoms with van der Waals surface area (Å²) in [6, 6.07) is 6.97. The van der Waals surface area contributed by atoms with E-state index in [1.807, 2.05) is 0 Å². The number of carbonyl (C=O) groups is 2. The number of halogens is 3. The normalized spacial score (nSPS) is 15.8. The third-order valence-corrected chi connectivity index (χ3v) is 6.12. The minimum atomic E-state index is -4.71. The van der Waals surface area contributed by atoms with Crippen LogP contribution in [0.15, 0.2) is 48.0 Å². The Kier molecular flexibility index (Phi) is 6.99. The molecule has 1 atom stereocenters. The van der Waals surface area contributed by atoms with E-state index in [1.54, 1.807) is 32.0 Å². The second-order valence-corrected chi connectivity index (χ2v) is 9.08. The minimum absolute atomic E-state index is 0.0687. The Morgan fingerprint density at radius 1 is 1.31 bits per heavy atom. The highest BCUT2D eigenvalue weighted by Gasteiger charge is 2.42. The fourth-order valence-electron chi connectivity index (χ4n) is 3.87. The van der Waals surface area contributed by atoms with Crippen LogP contribution in [0, 0.1) is 12.3 Å². The average molecular weight is 515 g/mol. The Labute approximate surface area is 209 Å². The van der Waals surface area contributed by atoms with Gasteiger partial charge in [-0.3, -0.25) is 19.4 Å². The molecule has 0 N–H and O–H groups in total. The van der Waals surface area contributed by atoms with Crippen LogP contribution in [0.1, 0.15) is 41.3 Å². The topological polar surface area (TPSA) is 75.6 Å². The van der Waals surface area contributed by atoms with Crippen molar-refractivity contribution < 1.29 is 27.5 Å². The van der Waals surface area contributed by atoms with Gasteiger partial charge in [0.15, 0.2) is 5.01 Å². The van der Waals surface area contributed by atoms with Crippen molar-refractivity contribution in [3.05, 3.63) is 64.2 Å². The van der Waals surface area contributed by atoms with Crippen LogP contribution in [0.25, 0.3) is 0 Å². The zero-order valence-electron chi connectivity index (χ0n) is 19.3. The Bertz CT molecular complexity index is 1320. The maximum absolute atomic E-state index is 13.8. The van der Waals surface area contributed by atoms with Gasteiger partial charge in [-0.15, -0.1) is 17.8 Å². The first-order chi connectivity index (χ1) is 17.1. The molecule has 4 rings (SSSR count). The van der Waals surface area contributed by atoms with Gasteiger partial charge in [-0.1, -0.05) is 6.07 Å². The van der Waals surface area contributed by atoms with Crippen LogP contribution < -0.4 is 14.5 Å². The smallest absolute Gasteiger partial charge is 0.416 e. The van der Waals surface area contributed by atoms with Crippen LogP contribution >= 0.6 is 11.3 Å². The van der Waals surface area contributed by atoms with Crippen LogP contribution in [0.4, 0.5) is 24.7 Å². The van der Waals surface area contributed by atoms with E-state index in [2.05, 4.69) is 15.9 Å². The first kappa shape index (κ1) is 25.2. The third-order valence-electron chi connectivity index (χ3n) is 5.35. The number of alkyl halides is 3. The van der Waals surface area contributed by atoms with Crippen molar-refractivity contribution in [2.24, 2.45) is 0 Å². The van der Waals surface area contributed by atoms with Gasteiger partial charge in [-0.25, -0.2) is 9.97 Å². The second-order valence-electron chi connectivity index (χ2n) is 8.22. The highest BCUT2D eigenvalue weighted by molar-refractivity contribution is 7.10. The molecule has 11 heteroatoms. The van der Waals surface area contributed by atoms with E-state index < -0.39 is 35.7 Å². The van der Waals surface area contributed by atoms with Gasteiger partial charge in [0.2, 0.25) is 0 Å². The number of thiazole rings is 1. The summed E-state index contributed by atoms with van der Waals surface area (Å²) in [6.45, 7) is 3.57. The van der Waals surface area contributed by atoms with Gasteiger partial charge in [-0.2, -0.15) is 13.2 Å². The molecule has 1 aliphatic heterocycles. The van der Waals surface area contributed by atoms with Crippen LogP contribution in [0.2, 0.25) is 0 Å². The van der Waals surface area contributed by atoms with Gasteiger partial charge in [0.1, 0.15) is 23.3 Å². The quantitative estimate of drug-likeness (QED) is 0.443. The van der Waals surface area contributed by atoms with Gasteiger partial charge in [0.25, 0.3) is 11.8 Å². The molecule has 186 valence electrons. The van der Waals surface area contributed by atoms with Crippen molar-refractivity contribution in [1.29, 1.82) is 0 Å². The fraction of sp³-hybridized carbons (Fsp3) is 0.280. The lowest BCUT2D eigenvalue weighted by Crippen LogP contribution is -2.46. The van der Waals surface area contributed by atoms with Crippen molar-refractivity contribution in [2.75, 3.05) is 16.3 Å². The van der Waals surface area contributed by atoms with Crippen molar-refractivity contribution in [1.82, 2.24) is 9.97 Å². The first-order valence-corrected chi connectivity index (χ1v) is 11.8. The van der Waals surface area contributed by atoms with Crippen LogP contribution in [-0.4, -0.2) is 40.5 Å². The number of benzene rings is 1. The molecule has 3 aromatic rings. The first-order valence-electron chi connectivity index (χ1n) is 11.0. The summed E-state index contributed by atoms with van der Waals surface area (Å²) in [5.74, 6) is 1.41. The number of nitrogens with zero attached hydrogens (tertiary/aromatic N) is 4. The van der Waals surface area contributed by atoms with E-state index in [-0.39, 0.29) is 35.1 Å².